The number of carbonyl (C=O) groups excluding carboxylic acids is 2. The molecule has 1 heterocycles. The number of alkyl carbamates (subject to hydrolysis) is 1. The number of hydrogen-bond acceptors (Lipinski definition) is 6. The summed E-state index contributed by atoms with van der Waals surface area (Å²) < 4.78 is 15.6. The van der Waals surface area contributed by atoms with Gasteiger partial charge in [0.25, 0.3) is 0 Å². The van der Waals surface area contributed by atoms with Crippen molar-refractivity contribution in [1.82, 2.24) is 10.2 Å². The minimum atomic E-state index is -0.410. The van der Waals surface area contributed by atoms with Crippen LogP contribution in [-0.2, 0) is 25.6 Å². The van der Waals surface area contributed by atoms with Gasteiger partial charge in [0.1, 0.15) is 6.61 Å². The minimum absolute atomic E-state index is 0.0520. The van der Waals surface area contributed by atoms with E-state index in [-0.39, 0.29) is 24.7 Å². The second-order valence-corrected chi connectivity index (χ2v) is 7.06. The fourth-order valence-electron chi connectivity index (χ4n) is 3.39. The first kappa shape index (κ1) is 22.2. The lowest BCUT2D eigenvalue weighted by molar-refractivity contribution is -0.140. The van der Waals surface area contributed by atoms with Crippen molar-refractivity contribution in [3.63, 3.8) is 0 Å². The van der Waals surface area contributed by atoms with Gasteiger partial charge < -0.3 is 24.4 Å². The number of carbonyl (C=O) groups is 2. The topological polar surface area (TPSA) is 77.1 Å². The number of nitrogens with zero attached hydrogens (tertiary/aromatic N) is 1. The molecule has 0 aliphatic carbocycles. The molecule has 1 aliphatic rings. The van der Waals surface area contributed by atoms with Gasteiger partial charge in [0.15, 0.2) is 0 Å². The standard InChI is InChI=1S/C21H32N2O5/c1-26-19-15-23(13-8-4-7-11-20(24)27-2)14-12-18(19)22-21(25)28-16-17-9-5-3-6-10-17/h3,5-6,9-10,18-19H,4,7-8,11-16H2,1-2H3,(H,22,25)/t18-,19+/m1/s1. The second kappa shape index (κ2) is 12.4. The Kier molecular flexibility index (Phi) is 9.79. The summed E-state index contributed by atoms with van der Waals surface area (Å²) in [6, 6.07) is 9.57. The summed E-state index contributed by atoms with van der Waals surface area (Å²) in [4.78, 5) is 25.6. The number of nitrogens with one attached hydrogen (secondary N) is 1. The van der Waals surface area contributed by atoms with Crippen molar-refractivity contribution in [2.45, 2.75) is 50.9 Å². The molecule has 1 fully saturated rings. The lowest BCUT2D eigenvalue weighted by Gasteiger charge is -2.37. The van der Waals surface area contributed by atoms with Gasteiger partial charge in [0, 0.05) is 26.6 Å². The largest absolute Gasteiger partial charge is 0.469 e. The smallest absolute Gasteiger partial charge is 0.407 e. The van der Waals surface area contributed by atoms with Crippen LogP contribution in [0.4, 0.5) is 4.79 Å². The minimum Gasteiger partial charge on any atom is -0.469 e. The van der Waals surface area contributed by atoms with E-state index < -0.39 is 6.09 Å². The van der Waals surface area contributed by atoms with Gasteiger partial charge in [-0.15, -0.1) is 0 Å². The Morgan fingerprint density at radius 2 is 1.93 bits per heavy atom. The first-order valence-corrected chi connectivity index (χ1v) is 9.91. The maximum absolute atomic E-state index is 12.1. The summed E-state index contributed by atoms with van der Waals surface area (Å²) in [6.07, 6.45) is 3.71. The van der Waals surface area contributed by atoms with Crippen LogP contribution < -0.4 is 5.32 Å². The van der Waals surface area contributed by atoms with Crippen LogP contribution in [0.2, 0.25) is 0 Å². The van der Waals surface area contributed by atoms with Gasteiger partial charge in [-0.1, -0.05) is 36.8 Å². The molecule has 0 bridgehead atoms. The maximum atomic E-state index is 12.1. The predicted octanol–water partition coefficient (Wildman–Crippen LogP) is 2.74. The zero-order valence-electron chi connectivity index (χ0n) is 16.9. The molecule has 7 nitrogen and oxygen atoms in total. The van der Waals surface area contributed by atoms with E-state index in [2.05, 4.69) is 15.0 Å². The fraction of sp³-hybridized carbons (Fsp3) is 0.619. The molecule has 1 amide bonds. The van der Waals surface area contributed by atoms with Crippen LogP contribution in [0.5, 0.6) is 0 Å². The fourth-order valence-corrected chi connectivity index (χ4v) is 3.39. The van der Waals surface area contributed by atoms with E-state index in [9.17, 15) is 9.59 Å². The molecule has 0 spiro atoms. The van der Waals surface area contributed by atoms with E-state index in [4.69, 9.17) is 9.47 Å². The molecule has 1 N–H and O–H groups in total. The van der Waals surface area contributed by atoms with Gasteiger partial charge >= 0.3 is 12.1 Å². The summed E-state index contributed by atoms with van der Waals surface area (Å²) in [7, 11) is 3.09. The quantitative estimate of drug-likeness (QED) is 0.487. The lowest BCUT2D eigenvalue weighted by atomic mass is 10.0. The van der Waals surface area contributed by atoms with Crippen LogP contribution in [0.25, 0.3) is 0 Å². The van der Waals surface area contributed by atoms with E-state index in [1.165, 1.54) is 7.11 Å². The molecule has 28 heavy (non-hydrogen) atoms. The molecular formula is C21H32N2O5. The van der Waals surface area contributed by atoms with Crippen molar-refractivity contribution in [3.8, 4) is 0 Å². The molecule has 0 saturated carbocycles. The zero-order chi connectivity index (χ0) is 20.2. The van der Waals surface area contributed by atoms with Crippen LogP contribution in [0.3, 0.4) is 0 Å². The summed E-state index contributed by atoms with van der Waals surface area (Å²) >= 11 is 0. The van der Waals surface area contributed by atoms with Crippen molar-refractivity contribution in [2.24, 2.45) is 0 Å². The van der Waals surface area contributed by atoms with Gasteiger partial charge in [-0.05, 0) is 31.4 Å². The van der Waals surface area contributed by atoms with Gasteiger partial charge in [-0.2, -0.15) is 0 Å². The highest BCUT2D eigenvalue weighted by molar-refractivity contribution is 5.69. The summed E-state index contributed by atoms with van der Waals surface area (Å²) in [5, 5.41) is 2.94. The predicted molar refractivity (Wildman–Crippen MR) is 106 cm³/mol. The van der Waals surface area contributed by atoms with Crippen molar-refractivity contribution < 1.29 is 23.8 Å². The highest BCUT2D eigenvalue weighted by atomic mass is 16.5. The molecule has 1 aliphatic heterocycles. The van der Waals surface area contributed by atoms with E-state index in [1.807, 2.05) is 30.3 Å². The van der Waals surface area contributed by atoms with Crippen molar-refractivity contribution >= 4 is 12.1 Å². The van der Waals surface area contributed by atoms with Crippen molar-refractivity contribution in [1.29, 1.82) is 0 Å². The molecule has 0 aromatic heterocycles. The molecule has 156 valence electrons. The normalized spacial score (nSPS) is 19.8. The van der Waals surface area contributed by atoms with Crippen LogP contribution >= 0.6 is 0 Å². The van der Waals surface area contributed by atoms with Crippen LogP contribution in [0.15, 0.2) is 30.3 Å². The van der Waals surface area contributed by atoms with Crippen LogP contribution in [0, 0.1) is 0 Å². The number of rotatable bonds is 10. The highest BCUT2D eigenvalue weighted by Crippen LogP contribution is 2.15. The van der Waals surface area contributed by atoms with Gasteiger partial charge in [-0.3, -0.25) is 4.79 Å². The number of methoxy groups -OCH3 is 2. The average Bonchev–Trinajstić information content (AvgIpc) is 2.73. The number of piperidine rings is 1. The van der Waals surface area contributed by atoms with E-state index in [1.54, 1.807) is 7.11 Å². The first-order valence-electron chi connectivity index (χ1n) is 9.91. The average molecular weight is 392 g/mol. The number of unbranched alkanes of at least 4 members (excludes halogenated alkanes) is 2. The molecule has 2 atom stereocenters. The lowest BCUT2D eigenvalue weighted by Crippen LogP contribution is -2.54. The zero-order valence-corrected chi connectivity index (χ0v) is 16.9. The molecular weight excluding hydrogens is 360 g/mol. The number of ether oxygens (including phenoxy) is 3. The molecule has 1 saturated heterocycles. The molecule has 1 aromatic carbocycles. The molecule has 1 aromatic rings. The van der Waals surface area contributed by atoms with Gasteiger partial charge in [0.05, 0.1) is 19.3 Å². The third kappa shape index (κ3) is 7.86. The van der Waals surface area contributed by atoms with E-state index >= 15 is 0 Å². The number of hydrogen-bond donors (Lipinski definition) is 1. The Hall–Kier alpha value is -2.12. The molecule has 7 heteroatoms. The van der Waals surface area contributed by atoms with Crippen LogP contribution in [0.1, 0.15) is 37.7 Å². The Morgan fingerprint density at radius 1 is 1.14 bits per heavy atom. The van der Waals surface area contributed by atoms with Crippen molar-refractivity contribution in [2.75, 3.05) is 33.9 Å². The van der Waals surface area contributed by atoms with Gasteiger partial charge in [-0.25, -0.2) is 4.79 Å². The SMILES string of the molecule is COC(=O)CCCCCN1CC[C@@H](NC(=O)OCc2ccccc2)[C@@H](OC)C1. The molecule has 0 unspecified atom stereocenters. The van der Waals surface area contributed by atoms with Crippen molar-refractivity contribution in [3.05, 3.63) is 35.9 Å². The number of likely N-dealkylation sites (tertiary alicyclic amines) is 1. The van der Waals surface area contributed by atoms with Gasteiger partial charge in [0.2, 0.25) is 0 Å². The second-order valence-electron chi connectivity index (χ2n) is 7.06. The molecule has 0 radical (unpaired) electrons. The summed E-state index contributed by atoms with van der Waals surface area (Å²) in [5.74, 6) is -0.148. The Bertz CT molecular complexity index is 596. The first-order chi connectivity index (χ1) is 13.6. The third-order valence-corrected chi connectivity index (χ3v) is 5.04. The Labute approximate surface area is 167 Å². The third-order valence-electron chi connectivity index (χ3n) is 5.04. The number of benzene rings is 1. The van der Waals surface area contributed by atoms with E-state index in [0.717, 1.165) is 50.9 Å². The summed E-state index contributed by atoms with van der Waals surface area (Å²) in [5.41, 5.74) is 0.961. The molecule has 2 rings (SSSR count). The summed E-state index contributed by atoms with van der Waals surface area (Å²) in [6.45, 7) is 2.90. The monoisotopic (exact) mass is 392 g/mol. The Morgan fingerprint density at radius 3 is 2.64 bits per heavy atom. The maximum Gasteiger partial charge on any atom is 0.407 e. The number of amides is 1. The van der Waals surface area contributed by atoms with Crippen LogP contribution in [-0.4, -0.2) is 63.0 Å². The highest BCUT2D eigenvalue weighted by Gasteiger charge is 2.30. The van der Waals surface area contributed by atoms with E-state index in [0.29, 0.717) is 6.42 Å². The Balaban J connectivity index is 1.66. The number of esters is 1.